The zero-order chi connectivity index (χ0) is 12.6. The van der Waals surface area contributed by atoms with Gasteiger partial charge in [-0.3, -0.25) is 0 Å². The van der Waals surface area contributed by atoms with E-state index in [0.29, 0.717) is 5.92 Å². The second-order valence-electron chi connectivity index (χ2n) is 4.67. The molecule has 0 aromatic heterocycles. The number of aliphatic hydroxyl groups is 1. The van der Waals surface area contributed by atoms with Gasteiger partial charge in [0.2, 0.25) is 0 Å². The van der Waals surface area contributed by atoms with E-state index >= 15 is 0 Å². The lowest BCUT2D eigenvalue weighted by atomic mass is 9.94. The van der Waals surface area contributed by atoms with Gasteiger partial charge in [-0.25, -0.2) is 0 Å². The summed E-state index contributed by atoms with van der Waals surface area (Å²) in [5, 5.41) is 10.4. The van der Waals surface area contributed by atoms with E-state index in [9.17, 15) is 5.11 Å². The van der Waals surface area contributed by atoms with Crippen molar-refractivity contribution in [3.63, 3.8) is 0 Å². The summed E-state index contributed by atoms with van der Waals surface area (Å²) in [6.07, 6.45) is 0.353. The summed E-state index contributed by atoms with van der Waals surface area (Å²) in [5.41, 5.74) is 2.04. The largest absolute Gasteiger partial charge is 0.386 e. The summed E-state index contributed by atoms with van der Waals surface area (Å²) in [5.74, 6) is 0.400. The number of hydrogen-bond donors (Lipinski definition) is 1. The Hall–Kier alpha value is 0.1000. The summed E-state index contributed by atoms with van der Waals surface area (Å²) in [4.78, 5) is 0. The molecule has 1 aromatic rings. The Bertz CT molecular complexity index is 420. The van der Waals surface area contributed by atoms with Gasteiger partial charge in [0.15, 0.2) is 0 Å². The van der Waals surface area contributed by atoms with Crippen LogP contribution in [0.15, 0.2) is 21.1 Å². The van der Waals surface area contributed by atoms with Crippen molar-refractivity contribution in [1.82, 2.24) is 0 Å². The van der Waals surface area contributed by atoms with Crippen molar-refractivity contribution in [3.05, 3.63) is 32.2 Å². The van der Waals surface area contributed by atoms with E-state index in [2.05, 4.69) is 38.8 Å². The number of benzene rings is 1. The molecule has 0 radical (unpaired) electrons. The summed E-state index contributed by atoms with van der Waals surface area (Å²) < 4.78 is 7.57. The van der Waals surface area contributed by atoms with E-state index in [4.69, 9.17) is 4.74 Å². The second kappa shape index (κ2) is 5.39. The van der Waals surface area contributed by atoms with Crippen LogP contribution in [0.4, 0.5) is 0 Å². The molecule has 3 unspecified atom stereocenters. The lowest BCUT2D eigenvalue weighted by Crippen LogP contribution is -2.23. The second-order valence-corrected chi connectivity index (χ2v) is 6.38. The highest BCUT2D eigenvalue weighted by atomic mass is 79.9. The minimum absolute atomic E-state index is 0.0964. The Balaban J connectivity index is 2.30. The van der Waals surface area contributed by atoms with Crippen molar-refractivity contribution in [2.45, 2.75) is 32.5 Å². The highest BCUT2D eigenvalue weighted by Gasteiger charge is 2.32. The molecule has 17 heavy (non-hydrogen) atoms. The SMILES string of the molecule is Cc1cc(Br)c(C(O)C2OCCC2C)cc1Br. The quantitative estimate of drug-likeness (QED) is 0.861. The molecule has 1 fully saturated rings. The van der Waals surface area contributed by atoms with Crippen LogP contribution in [0.25, 0.3) is 0 Å². The molecule has 1 N–H and O–H groups in total. The van der Waals surface area contributed by atoms with Gasteiger partial charge in [0.1, 0.15) is 6.10 Å². The fourth-order valence-corrected chi connectivity index (χ4v) is 3.24. The lowest BCUT2D eigenvalue weighted by molar-refractivity contribution is -0.0181. The average molecular weight is 364 g/mol. The minimum atomic E-state index is -0.571. The van der Waals surface area contributed by atoms with Crippen molar-refractivity contribution in [2.75, 3.05) is 6.61 Å². The fraction of sp³-hybridized carbons (Fsp3) is 0.538. The lowest BCUT2D eigenvalue weighted by Gasteiger charge is -2.23. The molecule has 1 saturated heterocycles. The molecule has 2 rings (SSSR count). The molecule has 94 valence electrons. The zero-order valence-electron chi connectivity index (χ0n) is 9.91. The van der Waals surface area contributed by atoms with Crippen LogP contribution in [0.5, 0.6) is 0 Å². The van der Waals surface area contributed by atoms with E-state index < -0.39 is 6.10 Å². The van der Waals surface area contributed by atoms with Gasteiger partial charge >= 0.3 is 0 Å². The van der Waals surface area contributed by atoms with Crippen LogP contribution in [0.2, 0.25) is 0 Å². The van der Waals surface area contributed by atoms with Crippen LogP contribution >= 0.6 is 31.9 Å². The first-order valence-electron chi connectivity index (χ1n) is 5.76. The third kappa shape index (κ3) is 2.75. The zero-order valence-corrected chi connectivity index (χ0v) is 13.1. The van der Waals surface area contributed by atoms with E-state index in [1.165, 1.54) is 0 Å². The van der Waals surface area contributed by atoms with E-state index in [0.717, 1.165) is 33.1 Å². The van der Waals surface area contributed by atoms with Gasteiger partial charge < -0.3 is 9.84 Å². The maximum absolute atomic E-state index is 10.4. The molecule has 1 aromatic carbocycles. The molecule has 0 amide bonds. The number of aliphatic hydroxyl groups excluding tert-OH is 1. The van der Waals surface area contributed by atoms with Gasteiger partial charge in [-0.1, -0.05) is 38.8 Å². The first-order chi connectivity index (χ1) is 8.00. The molecular weight excluding hydrogens is 348 g/mol. The van der Waals surface area contributed by atoms with Gasteiger partial charge in [-0.05, 0) is 42.5 Å². The smallest absolute Gasteiger partial charge is 0.107 e. The van der Waals surface area contributed by atoms with Crippen LogP contribution in [-0.4, -0.2) is 17.8 Å². The monoisotopic (exact) mass is 362 g/mol. The number of aryl methyl sites for hydroxylation is 1. The van der Waals surface area contributed by atoms with Crippen LogP contribution in [0.1, 0.15) is 30.6 Å². The van der Waals surface area contributed by atoms with Crippen LogP contribution in [0, 0.1) is 12.8 Å². The Labute approximate surface area is 119 Å². The predicted molar refractivity (Wildman–Crippen MR) is 75.1 cm³/mol. The summed E-state index contributed by atoms with van der Waals surface area (Å²) in [7, 11) is 0. The molecule has 2 nitrogen and oxygen atoms in total. The summed E-state index contributed by atoms with van der Waals surface area (Å²) in [6, 6.07) is 3.99. The Morgan fingerprint density at radius 2 is 2.06 bits per heavy atom. The molecule has 0 bridgehead atoms. The standard InChI is InChI=1S/C13H16Br2O2/c1-7-3-4-17-13(7)12(16)9-6-10(14)8(2)5-11(9)15/h5-7,12-13,16H,3-4H2,1-2H3. The molecule has 0 aliphatic carbocycles. The fourth-order valence-electron chi connectivity index (χ4n) is 2.19. The van der Waals surface area contributed by atoms with Crippen molar-refractivity contribution < 1.29 is 9.84 Å². The maximum atomic E-state index is 10.4. The van der Waals surface area contributed by atoms with Crippen LogP contribution in [-0.2, 0) is 4.74 Å². The summed E-state index contributed by atoms with van der Waals surface area (Å²) in [6.45, 7) is 4.89. The number of hydrogen-bond acceptors (Lipinski definition) is 2. The molecule has 1 heterocycles. The van der Waals surface area contributed by atoms with Crippen molar-refractivity contribution in [1.29, 1.82) is 0 Å². The molecule has 0 spiro atoms. The summed E-state index contributed by atoms with van der Waals surface area (Å²) >= 11 is 7.01. The third-order valence-corrected chi connectivity index (χ3v) is 4.89. The molecule has 0 saturated carbocycles. The molecule has 1 aliphatic rings. The van der Waals surface area contributed by atoms with Crippen LogP contribution < -0.4 is 0 Å². The van der Waals surface area contributed by atoms with E-state index in [1.807, 2.05) is 19.1 Å². The van der Waals surface area contributed by atoms with E-state index in [1.54, 1.807) is 0 Å². The van der Waals surface area contributed by atoms with Gasteiger partial charge in [-0.2, -0.15) is 0 Å². The van der Waals surface area contributed by atoms with Gasteiger partial charge in [0, 0.05) is 15.6 Å². The minimum Gasteiger partial charge on any atom is -0.386 e. The molecular formula is C13H16Br2O2. The van der Waals surface area contributed by atoms with Crippen molar-refractivity contribution >= 4 is 31.9 Å². The predicted octanol–water partition coefficient (Wildman–Crippen LogP) is 3.98. The molecule has 1 aliphatic heterocycles. The first-order valence-corrected chi connectivity index (χ1v) is 7.34. The number of ether oxygens (including phenoxy) is 1. The average Bonchev–Trinajstić information content (AvgIpc) is 2.69. The van der Waals surface area contributed by atoms with Gasteiger partial charge in [0.25, 0.3) is 0 Å². The Morgan fingerprint density at radius 1 is 1.35 bits per heavy atom. The Kier molecular flexibility index (Phi) is 4.29. The molecule has 3 atom stereocenters. The number of halogens is 2. The van der Waals surface area contributed by atoms with Gasteiger partial charge in [0.05, 0.1) is 6.10 Å². The number of rotatable bonds is 2. The van der Waals surface area contributed by atoms with Crippen molar-refractivity contribution in [3.8, 4) is 0 Å². The Morgan fingerprint density at radius 3 is 2.65 bits per heavy atom. The first kappa shape index (κ1) is 13.5. The van der Waals surface area contributed by atoms with Crippen molar-refractivity contribution in [2.24, 2.45) is 5.92 Å². The van der Waals surface area contributed by atoms with Crippen LogP contribution in [0.3, 0.4) is 0 Å². The molecule has 4 heteroatoms. The van der Waals surface area contributed by atoms with Gasteiger partial charge in [-0.15, -0.1) is 0 Å². The van der Waals surface area contributed by atoms with E-state index in [-0.39, 0.29) is 6.10 Å². The maximum Gasteiger partial charge on any atom is 0.107 e. The normalized spacial score (nSPS) is 26.2. The third-order valence-electron chi connectivity index (χ3n) is 3.35. The topological polar surface area (TPSA) is 29.5 Å². The highest BCUT2D eigenvalue weighted by molar-refractivity contribution is 9.11. The highest BCUT2D eigenvalue weighted by Crippen LogP contribution is 2.36.